The molecule has 2 aliphatic rings. The van der Waals surface area contributed by atoms with Crippen LogP contribution in [-0.2, 0) is 0 Å². The standard InChI is InChI=1S/C14H15FN2O3/c15-11-4-5-13(17(19)20)12(6-11)14(18)16-7-9-2-1-3-10(9)8-16/h4-6,9-10H,1-3,7-8H2. The zero-order valence-electron chi connectivity index (χ0n) is 10.9. The van der Waals surface area contributed by atoms with Crippen LogP contribution >= 0.6 is 0 Å². The van der Waals surface area contributed by atoms with Gasteiger partial charge in [0.1, 0.15) is 11.4 Å². The molecular weight excluding hydrogens is 263 g/mol. The predicted octanol–water partition coefficient (Wildman–Crippen LogP) is 2.61. The van der Waals surface area contributed by atoms with Crippen molar-refractivity contribution in [1.82, 2.24) is 4.90 Å². The first kappa shape index (κ1) is 13.0. The van der Waals surface area contributed by atoms with Gasteiger partial charge < -0.3 is 4.90 Å². The third-order valence-electron chi connectivity index (χ3n) is 4.40. The van der Waals surface area contributed by atoms with Gasteiger partial charge in [-0.05, 0) is 36.8 Å². The first-order valence-electron chi connectivity index (χ1n) is 6.79. The summed E-state index contributed by atoms with van der Waals surface area (Å²) < 4.78 is 13.3. The van der Waals surface area contributed by atoms with Crippen LogP contribution in [0.4, 0.5) is 10.1 Å². The molecule has 1 aliphatic carbocycles. The molecule has 0 aromatic heterocycles. The average Bonchev–Trinajstić information content (AvgIpc) is 2.97. The van der Waals surface area contributed by atoms with Gasteiger partial charge in [0.25, 0.3) is 11.6 Å². The normalized spacial score (nSPS) is 24.8. The molecular formula is C14H15FN2O3. The Morgan fingerprint density at radius 1 is 1.30 bits per heavy atom. The highest BCUT2D eigenvalue weighted by atomic mass is 19.1. The second kappa shape index (κ2) is 4.85. The quantitative estimate of drug-likeness (QED) is 0.617. The largest absolute Gasteiger partial charge is 0.338 e. The topological polar surface area (TPSA) is 63.4 Å². The van der Waals surface area contributed by atoms with Crippen LogP contribution in [0.3, 0.4) is 0 Å². The number of amides is 1. The number of halogens is 1. The van der Waals surface area contributed by atoms with Crippen LogP contribution in [0.25, 0.3) is 0 Å². The van der Waals surface area contributed by atoms with Crippen molar-refractivity contribution in [3.63, 3.8) is 0 Å². The number of likely N-dealkylation sites (tertiary alicyclic amines) is 1. The van der Waals surface area contributed by atoms with Crippen LogP contribution in [0, 0.1) is 27.8 Å². The summed E-state index contributed by atoms with van der Waals surface area (Å²) in [6.45, 7) is 1.27. The molecule has 6 heteroatoms. The van der Waals surface area contributed by atoms with Crippen molar-refractivity contribution in [2.75, 3.05) is 13.1 Å². The summed E-state index contributed by atoms with van der Waals surface area (Å²) in [5, 5.41) is 11.0. The summed E-state index contributed by atoms with van der Waals surface area (Å²) in [6, 6.07) is 3.03. The maximum absolute atomic E-state index is 13.3. The first-order valence-corrected chi connectivity index (χ1v) is 6.79. The molecule has 1 aromatic carbocycles. The van der Waals surface area contributed by atoms with Gasteiger partial charge in [0, 0.05) is 19.2 Å². The molecule has 0 spiro atoms. The van der Waals surface area contributed by atoms with E-state index in [2.05, 4.69) is 0 Å². The molecule has 1 aromatic rings. The molecule has 1 amide bonds. The fraction of sp³-hybridized carbons (Fsp3) is 0.500. The van der Waals surface area contributed by atoms with Gasteiger partial charge in [0.05, 0.1) is 4.92 Å². The molecule has 5 nitrogen and oxygen atoms in total. The van der Waals surface area contributed by atoms with Gasteiger partial charge in [-0.15, -0.1) is 0 Å². The number of nitro benzene ring substituents is 1. The zero-order valence-corrected chi connectivity index (χ0v) is 10.9. The van der Waals surface area contributed by atoms with E-state index in [0.717, 1.165) is 31.0 Å². The van der Waals surface area contributed by atoms with E-state index in [9.17, 15) is 19.3 Å². The van der Waals surface area contributed by atoms with E-state index in [4.69, 9.17) is 0 Å². The molecule has 3 rings (SSSR count). The van der Waals surface area contributed by atoms with Gasteiger partial charge in [-0.1, -0.05) is 6.42 Å². The number of nitro groups is 1. The highest BCUT2D eigenvalue weighted by molar-refractivity contribution is 5.98. The fourth-order valence-electron chi connectivity index (χ4n) is 3.41. The minimum atomic E-state index is -0.635. The highest BCUT2D eigenvalue weighted by Crippen LogP contribution is 2.38. The molecule has 20 heavy (non-hydrogen) atoms. The van der Waals surface area contributed by atoms with Crippen LogP contribution in [0.1, 0.15) is 29.6 Å². The van der Waals surface area contributed by atoms with Crippen molar-refractivity contribution in [3.05, 3.63) is 39.7 Å². The lowest BCUT2D eigenvalue weighted by Gasteiger charge is -2.17. The zero-order chi connectivity index (χ0) is 14.3. The lowest BCUT2D eigenvalue weighted by atomic mass is 10.0. The van der Waals surface area contributed by atoms with E-state index in [1.165, 1.54) is 6.42 Å². The van der Waals surface area contributed by atoms with E-state index >= 15 is 0 Å². The number of nitrogens with zero attached hydrogens (tertiary/aromatic N) is 2. The average molecular weight is 278 g/mol. The molecule has 1 saturated heterocycles. The van der Waals surface area contributed by atoms with Crippen molar-refractivity contribution in [2.24, 2.45) is 11.8 Å². The van der Waals surface area contributed by atoms with Gasteiger partial charge >= 0.3 is 0 Å². The minimum absolute atomic E-state index is 0.144. The van der Waals surface area contributed by atoms with E-state index < -0.39 is 16.6 Å². The van der Waals surface area contributed by atoms with Gasteiger partial charge in [0.15, 0.2) is 0 Å². The number of rotatable bonds is 2. The fourth-order valence-corrected chi connectivity index (χ4v) is 3.41. The molecule has 2 atom stereocenters. The van der Waals surface area contributed by atoms with Crippen molar-refractivity contribution in [1.29, 1.82) is 0 Å². The smallest absolute Gasteiger partial charge is 0.282 e. The summed E-state index contributed by atoms with van der Waals surface area (Å²) in [5.74, 6) is -0.0397. The molecule has 1 aliphatic heterocycles. The first-order chi connectivity index (χ1) is 9.56. The van der Waals surface area contributed by atoms with E-state index in [1.54, 1.807) is 4.90 Å². The van der Waals surface area contributed by atoms with E-state index in [-0.39, 0.29) is 11.3 Å². The molecule has 2 fully saturated rings. The number of benzene rings is 1. The third kappa shape index (κ3) is 2.15. The van der Waals surface area contributed by atoms with Crippen LogP contribution < -0.4 is 0 Å². The number of hydrogen-bond donors (Lipinski definition) is 0. The summed E-state index contributed by atoms with van der Waals surface area (Å²) in [7, 11) is 0. The van der Waals surface area contributed by atoms with Gasteiger partial charge in [-0.25, -0.2) is 4.39 Å². The van der Waals surface area contributed by atoms with Crippen molar-refractivity contribution >= 4 is 11.6 Å². The number of carbonyl (C=O) groups excluding carboxylic acids is 1. The number of hydrogen-bond acceptors (Lipinski definition) is 3. The highest BCUT2D eigenvalue weighted by Gasteiger charge is 2.39. The Kier molecular flexibility index (Phi) is 3.16. The van der Waals surface area contributed by atoms with Crippen molar-refractivity contribution in [2.45, 2.75) is 19.3 Å². The Morgan fingerprint density at radius 3 is 2.55 bits per heavy atom. The summed E-state index contributed by atoms with van der Waals surface area (Å²) in [4.78, 5) is 24.4. The van der Waals surface area contributed by atoms with E-state index in [0.29, 0.717) is 24.9 Å². The molecule has 0 N–H and O–H groups in total. The third-order valence-corrected chi connectivity index (χ3v) is 4.40. The lowest BCUT2D eigenvalue weighted by Crippen LogP contribution is -2.30. The lowest BCUT2D eigenvalue weighted by molar-refractivity contribution is -0.385. The van der Waals surface area contributed by atoms with Crippen LogP contribution in [0.2, 0.25) is 0 Å². The van der Waals surface area contributed by atoms with Gasteiger partial charge in [-0.3, -0.25) is 14.9 Å². The predicted molar refractivity (Wildman–Crippen MR) is 69.8 cm³/mol. The Labute approximate surface area is 115 Å². The maximum Gasteiger partial charge on any atom is 0.282 e. The minimum Gasteiger partial charge on any atom is -0.338 e. The van der Waals surface area contributed by atoms with Crippen LogP contribution in [-0.4, -0.2) is 28.8 Å². The Bertz CT molecular complexity index is 564. The Hall–Kier alpha value is -1.98. The maximum atomic E-state index is 13.3. The Morgan fingerprint density at radius 2 is 1.95 bits per heavy atom. The van der Waals surface area contributed by atoms with Crippen molar-refractivity contribution < 1.29 is 14.1 Å². The second-order valence-electron chi connectivity index (χ2n) is 5.58. The molecule has 1 saturated carbocycles. The summed E-state index contributed by atoms with van der Waals surface area (Å²) in [6.07, 6.45) is 3.41. The van der Waals surface area contributed by atoms with Gasteiger partial charge in [0.2, 0.25) is 0 Å². The van der Waals surface area contributed by atoms with Crippen LogP contribution in [0.15, 0.2) is 18.2 Å². The SMILES string of the molecule is O=C(c1cc(F)ccc1[N+](=O)[O-])N1CC2CCCC2C1. The number of carbonyl (C=O) groups is 1. The molecule has 0 radical (unpaired) electrons. The van der Waals surface area contributed by atoms with E-state index in [1.807, 2.05) is 0 Å². The summed E-state index contributed by atoms with van der Waals surface area (Å²) >= 11 is 0. The second-order valence-corrected chi connectivity index (χ2v) is 5.58. The monoisotopic (exact) mass is 278 g/mol. The van der Waals surface area contributed by atoms with Crippen molar-refractivity contribution in [3.8, 4) is 0 Å². The number of fused-ring (bicyclic) bond motifs is 1. The summed E-state index contributed by atoms with van der Waals surface area (Å²) in [5.41, 5.74) is -0.469. The Balaban J connectivity index is 1.87. The van der Waals surface area contributed by atoms with Crippen LogP contribution in [0.5, 0.6) is 0 Å². The van der Waals surface area contributed by atoms with Gasteiger partial charge in [-0.2, -0.15) is 0 Å². The molecule has 1 heterocycles. The molecule has 2 unspecified atom stereocenters. The molecule has 0 bridgehead atoms. The molecule has 106 valence electrons.